The Kier molecular flexibility index (Phi) is 21.3. The van der Waals surface area contributed by atoms with Gasteiger partial charge in [0.2, 0.25) is 0 Å². The maximum absolute atomic E-state index is 14.9. The Morgan fingerprint density at radius 1 is 0.650 bits per heavy atom. The third-order valence-corrected chi connectivity index (χ3v) is 18.8. The van der Waals surface area contributed by atoms with Crippen molar-refractivity contribution in [3.63, 3.8) is 0 Å². The number of nitrogens with one attached hydrogen (secondary N) is 1. The average Bonchev–Trinajstić information content (AvgIpc) is 3.21. The molecular weight excluding hydrogens is 847 g/mol. The summed E-state index contributed by atoms with van der Waals surface area (Å²) in [6, 6.07) is 0. The molecule has 0 aromatic rings. The normalized spacial score (nSPS) is 30.6. The zero-order valence-corrected chi connectivity index (χ0v) is 39.9. The largest absolute Gasteiger partial charge is 0.447 e. The molecule has 0 aromatic heterocycles. The second-order valence-electron chi connectivity index (χ2n) is 16.3. The number of piperazine rings is 1. The van der Waals surface area contributed by atoms with E-state index in [1.54, 1.807) is 65.9 Å². The number of ether oxygens (including phenoxy) is 6. The first-order valence-electron chi connectivity index (χ1n) is 21.0. The Morgan fingerprint density at radius 3 is 1.83 bits per heavy atom. The van der Waals surface area contributed by atoms with E-state index in [0.29, 0.717) is 65.3 Å². The van der Waals surface area contributed by atoms with Crippen molar-refractivity contribution in [2.75, 3.05) is 154 Å². The van der Waals surface area contributed by atoms with Crippen LogP contribution in [0.2, 0.25) is 0 Å². The number of nitrogens with zero attached hydrogens (tertiary/aromatic N) is 6. The van der Waals surface area contributed by atoms with Crippen LogP contribution < -0.4 is 5.32 Å². The van der Waals surface area contributed by atoms with Gasteiger partial charge in [0.25, 0.3) is 7.52 Å². The maximum atomic E-state index is 14.9. The number of rotatable bonds is 23. The Balaban J connectivity index is 1.30. The Labute approximate surface area is 357 Å². The molecule has 4 saturated heterocycles. The van der Waals surface area contributed by atoms with Crippen LogP contribution in [0.4, 0.5) is 4.79 Å². The lowest BCUT2D eigenvalue weighted by atomic mass is 10.1. The number of hydrogen-bond donors (Lipinski definition) is 2. The van der Waals surface area contributed by atoms with Gasteiger partial charge in [-0.2, -0.15) is 0 Å². The standard InChI is InChI=1S/C36H74N7O14P3/c1-29-20-35(21-32(55-29)26-53-59(47,39(6)7)42-12-10-41(11-13-42)36(45)51-19-18-50-17-16-49-15-14-44)58(46,38(4)5)52-28-34-25-43(24-31(3)57-34)60(48,40(8)9)54-27-33-23-37-22-30(2)56-33/h29-35,37,44H,10-28H2,1-9H3. The first-order chi connectivity index (χ1) is 28.4. The van der Waals surface area contributed by atoms with Gasteiger partial charge in [-0.3, -0.25) is 13.7 Å². The van der Waals surface area contributed by atoms with E-state index in [-0.39, 0.29) is 77.2 Å². The van der Waals surface area contributed by atoms with Gasteiger partial charge in [0, 0.05) is 52.4 Å². The maximum Gasteiger partial charge on any atom is 0.409 e. The lowest BCUT2D eigenvalue weighted by Gasteiger charge is -2.44. The van der Waals surface area contributed by atoms with Gasteiger partial charge in [-0.05, 0) is 75.9 Å². The molecule has 4 aliphatic rings. The molecule has 0 aliphatic carbocycles. The number of aliphatic hydroxyl groups excluding tert-OH is 1. The fraction of sp³-hybridized carbons (Fsp3) is 0.972. The summed E-state index contributed by atoms with van der Waals surface area (Å²) in [7, 11) is -0.143. The number of carbonyl (C=O) groups excluding carboxylic acids is 1. The van der Waals surface area contributed by atoms with Gasteiger partial charge in [0.15, 0.2) is 0 Å². The molecular formula is C36H74N7O14P3. The highest BCUT2D eigenvalue weighted by molar-refractivity contribution is 7.57. The highest BCUT2D eigenvalue weighted by Gasteiger charge is 2.46. The van der Waals surface area contributed by atoms with Crippen LogP contribution in [-0.2, 0) is 55.7 Å². The zero-order valence-electron chi connectivity index (χ0n) is 37.3. The van der Waals surface area contributed by atoms with Crippen LogP contribution in [0.25, 0.3) is 0 Å². The van der Waals surface area contributed by atoms with Gasteiger partial charge in [-0.1, -0.05) is 0 Å². The van der Waals surface area contributed by atoms with E-state index in [1.807, 2.05) is 25.4 Å². The van der Waals surface area contributed by atoms with Gasteiger partial charge in [-0.15, -0.1) is 0 Å². The summed E-state index contributed by atoms with van der Waals surface area (Å²) in [6.45, 7) is 10.4. The second-order valence-corrected chi connectivity index (χ2v) is 24.5. The minimum Gasteiger partial charge on any atom is -0.447 e. The summed E-state index contributed by atoms with van der Waals surface area (Å²) in [5.41, 5.74) is -0.414. The minimum absolute atomic E-state index is 0.00404. The monoisotopic (exact) mass is 921 g/mol. The van der Waals surface area contributed by atoms with Crippen LogP contribution in [0.3, 0.4) is 0 Å². The summed E-state index contributed by atoms with van der Waals surface area (Å²) >= 11 is 0. The topological polar surface area (TPSA) is 203 Å². The molecule has 0 radical (unpaired) electrons. The molecule has 4 heterocycles. The third kappa shape index (κ3) is 14.7. The number of aliphatic hydroxyl groups is 1. The van der Waals surface area contributed by atoms with Crippen molar-refractivity contribution in [3.05, 3.63) is 0 Å². The highest BCUT2D eigenvalue weighted by atomic mass is 31.2. The van der Waals surface area contributed by atoms with Crippen molar-refractivity contribution in [2.24, 2.45) is 0 Å². The van der Waals surface area contributed by atoms with Crippen molar-refractivity contribution >= 4 is 29.0 Å². The summed E-state index contributed by atoms with van der Waals surface area (Å²) in [5.74, 6) is 0. The average molecular weight is 922 g/mol. The quantitative estimate of drug-likeness (QED) is 0.112. The fourth-order valence-electron chi connectivity index (χ4n) is 7.68. The zero-order chi connectivity index (χ0) is 44.1. The van der Waals surface area contributed by atoms with Gasteiger partial charge in [-0.25, -0.2) is 28.1 Å². The van der Waals surface area contributed by atoms with Crippen LogP contribution in [0.15, 0.2) is 0 Å². The molecule has 24 heteroatoms. The van der Waals surface area contributed by atoms with E-state index in [1.165, 1.54) is 0 Å². The summed E-state index contributed by atoms with van der Waals surface area (Å²) in [5, 5.41) is 12.1. The van der Waals surface area contributed by atoms with E-state index in [9.17, 15) is 18.5 Å². The minimum atomic E-state index is -3.53. The molecule has 352 valence electrons. The van der Waals surface area contributed by atoms with Gasteiger partial charge >= 0.3 is 21.4 Å². The number of morpholine rings is 2. The second kappa shape index (κ2) is 24.6. The Bertz CT molecular complexity index is 1450. The van der Waals surface area contributed by atoms with E-state index < -0.39 is 46.8 Å². The molecule has 4 aliphatic heterocycles. The van der Waals surface area contributed by atoms with Crippen molar-refractivity contribution in [2.45, 2.75) is 75.9 Å². The molecule has 0 aromatic carbocycles. The molecule has 21 nitrogen and oxygen atoms in total. The van der Waals surface area contributed by atoms with Crippen molar-refractivity contribution < 1.29 is 65.6 Å². The molecule has 4 rings (SSSR count). The summed E-state index contributed by atoms with van der Waals surface area (Å²) in [6.07, 6.45) is -1.44. The van der Waals surface area contributed by atoms with Crippen molar-refractivity contribution in [1.82, 2.24) is 33.6 Å². The molecule has 0 bridgehead atoms. The smallest absolute Gasteiger partial charge is 0.409 e. The number of amides is 1. The Hall–Kier alpha value is -0.640. The van der Waals surface area contributed by atoms with Crippen molar-refractivity contribution in [1.29, 1.82) is 0 Å². The van der Waals surface area contributed by atoms with E-state index in [0.717, 1.165) is 6.54 Å². The Morgan fingerprint density at radius 2 is 1.22 bits per heavy atom. The molecule has 2 N–H and O–H groups in total. The third-order valence-electron chi connectivity index (χ3n) is 10.7. The van der Waals surface area contributed by atoms with Crippen LogP contribution in [-0.4, -0.2) is 236 Å². The molecule has 10 unspecified atom stereocenters. The van der Waals surface area contributed by atoms with Crippen LogP contribution in [0.1, 0.15) is 33.6 Å². The van der Waals surface area contributed by atoms with Gasteiger partial charge in [0.1, 0.15) is 6.61 Å². The summed E-state index contributed by atoms with van der Waals surface area (Å²) in [4.78, 5) is 14.2. The van der Waals surface area contributed by atoms with Gasteiger partial charge in [0.05, 0.1) is 95.1 Å². The van der Waals surface area contributed by atoms with Crippen LogP contribution in [0, 0.1) is 0 Å². The first kappa shape index (κ1) is 52.0. The molecule has 0 saturated carbocycles. The van der Waals surface area contributed by atoms with Gasteiger partial charge < -0.3 is 57.3 Å². The highest BCUT2D eigenvalue weighted by Crippen LogP contribution is 2.59. The SMILES string of the molecule is CC1CNCC(COP(=O)(N(C)C)N2CC(C)OC(COP(=O)(C3CC(C)OC(COP(=O)(N(C)C)N4CCN(C(=O)OCCOCCOCCO)CC4)C3)N(C)C)C2)O1. The predicted molar refractivity (Wildman–Crippen MR) is 225 cm³/mol. The first-order valence-corrected chi connectivity index (χ1v) is 25.7. The summed E-state index contributed by atoms with van der Waals surface area (Å²) < 4.78 is 105. The lowest BCUT2D eigenvalue weighted by Crippen LogP contribution is -2.49. The molecule has 10 atom stereocenters. The lowest BCUT2D eigenvalue weighted by molar-refractivity contribution is -0.0814. The molecule has 1 amide bonds. The number of carbonyl (C=O) groups is 1. The van der Waals surface area contributed by atoms with Crippen LogP contribution in [0.5, 0.6) is 0 Å². The predicted octanol–water partition coefficient (Wildman–Crippen LogP) is 2.31. The number of hydrogen-bond acceptors (Lipinski definition) is 15. The molecule has 4 fully saturated rings. The van der Waals surface area contributed by atoms with E-state index >= 15 is 0 Å². The van der Waals surface area contributed by atoms with E-state index in [2.05, 4.69) is 5.32 Å². The molecule has 60 heavy (non-hydrogen) atoms. The van der Waals surface area contributed by atoms with Crippen LogP contribution >= 0.6 is 22.9 Å². The fourth-order valence-corrected chi connectivity index (χ4v) is 14.3. The molecule has 0 spiro atoms. The van der Waals surface area contributed by atoms with Crippen molar-refractivity contribution in [3.8, 4) is 0 Å². The van der Waals surface area contributed by atoms with E-state index in [4.69, 9.17) is 47.1 Å².